The van der Waals surface area contributed by atoms with Gasteiger partial charge in [0, 0.05) is 6.42 Å². The number of carbonyl (C=O) groups is 1. The third kappa shape index (κ3) is 10.6. The van der Waals surface area contributed by atoms with Gasteiger partial charge in [-0.25, -0.2) is 4.79 Å². The van der Waals surface area contributed by atoms with Crippen molar-refractivity contribution in [2.45, 2.75) is 91.1 Å². The number of hydrogen-bond acceptors (Lipinski definition) is 3. The molecule has 0 aromatic carbocycles. The van der Waals surface area contributed by atoms with E-state index in [4.69, 9.17) is 9.78 Å². The van der Waals surface area contributed by atoms with E-state index in [0.717, 1.165) is 32.1 Å². The molecule has 0 aliphatic carbocycles. The van der Waals surface area contributed by atoms with Gasteiger partial charge in [-0.15, -0.1) is 0 Å². The molecule has 0 heterocycles. The van der Waals surface area contributed by atoms with Gasteiger partial charge in [-0.1, -0.05) is 52.4 Å². The molecule has 0 aliphatic rings. The van der Waals surface area contributed by atoms with E-state index in [2.05, 4.69) is 13.8 Å². The summed E-state index contributed by atoms with van der Waals surface area (Å²) in [6.45, 7) is 8.23. The summed E-state index contributed by atoms with van der Waals surface area (Å²) in [6, 6.07) is 0. The van der Waals surface area contributed by atoms with Crippen molar-refractivity contribution in [1.29, 1.82) is 0 Å². The highest BCUT2D eigenvalue weighted by Gasteiger charge is 2.21. The highest BCUT2D eigenvalue weighted by atomic mass is 17.2. The van der Waals surface area contributed by atoms with Crippen molar-refractivity contribution < 1.29 is 14.6 Å². The fourth-order valence-electron chi connectivity index (χ4n) is 1.72. The van der Waals surface area contributed by atoms with Crippen LogP contribution in [-0.2, 0) is 14.6 Å². The van der Waals surface area contributed by atoms with E-state index in [1.807, 2.05) is 13.8 Å². The lowest BCUT2D eigenvalue weighted by Crippen LogP contribution is -2.26. The minimum absolute atomic E-state index is 0.240. The van der Waals surface area contributed by atoms with E-state index in [9.17, 15) is 4.79 Å². The second-order valence-electron chi connectivity index (χ2n) is 5.57. The van der Waals surface area contributed by atoms with Crippen LogP contribution in [-0.4, -0.2) is 11.6 Å². The predicted molar refractivity (Wildman–Crippen MR) is 74.2 cm³/mol. The molecule has 0 aromatic rings. The molecule has 3 nitrogen and oxygen atoms in total. The molecular weight excluding hydrogens is 228 g/mol. The molecule has 0 radical (unpaired) electrons. The van der Waals surface area contributed by atoms with Crippen LogP contribution >= 0.6 is 0 Å². The highest BCUT2D eigenvalue weighted by Crippen LogP contribution is 2.18. The average molecular weight is 258 g/mol. The summed E-state index contributed by atoms with van der Waals surface area (Å²) in [5, 5.41) is 0. The normalized spacial score (nSPS) is 11.6. The van der Waals surface area contributed by atoms with Crippen molar-refractivity contribution in [2.24, 2.45) is 0 Å². The van der Waals surface area contributed by atoms with Gasteiger partial charge in [0.05, 0.1) is 0 Å². The quantitative estimate of drug-likeness (QED) is 0.303. The first kappa shape index (κ1) is 17.4. The SMILES string of the molecule is CCCCCCCC(=O)OOC(C)(C)CCCC. The Morgan fingerprint density at radius 3 is 2.17 bits per heavy atom. The first-order valence-corrected chi connectivity index (χ1v) is 7.40. The van der Waals surface area contributed by atoms with Gasteiger partial charge in [-0.3, -0.25) is 4.89 Å². The first-order chi connectivity index (χ1) is 8.52. The molecule has 0 rings (SSSR count). The number of rotatable bonds is 11. The lowest BCUT2D eigenvalue weighted by atomic mass is 10.0. The fourth-order valence-corrected chi connectivity index (χ4v) is 1.72. The summed E-state index contributed by atoms with van der Waals surface area (Å²) >= 11 is 0. The van der Waals surface area contributed by atoms with Crippen LogP contribution in [0.5, 0.6) is 0 Å². The summed E-state index contributed by atoms with van der Waals surface area (Å²) < 4.78 is 0. The van der Waals surface area contributed by atoms with Gasteiger partial charge in [0.25, 0.3) is 0 Å². The molecule has 0 saturated carbocycles. The van der Waals surface area contributed by atoms with E-state index in [0.29, 0.717) is 6.42 Å². The van der Waals surface area contributed by atoms with Crippen LogP contribution in [0.15, 0.2) is 0 Å². The van der Waals surface area contributed by atoms with Crippen molar-refractivity contribution in [3.8, 4) is 0 Å². The molecule has 0 aromatic heterocycles. The fraction of sp³-hybridized carbons (Fsp3) is 0.933. The Morgan fingerprint density at radius 2 is 1.56 bits per heavy atom. The van der Waals surface area contributed by atoms with Gasteiger partial charge in [-0.2, -0.15) is 4.89 Å². The van der Waals surface area contributed by atoms with Crippen LogP contribution < -0.4 is 0 Å². The van der Waals surface area contributed by atoms with Crippen molar-refractivity contribution in [1.82, 2.24) is 0 Å². The van der Waals surface area contributed by atoms with Crippen molar-refractivity contribution >= 4 is 5.97 Å². The van der Waals surface area contributed by atoms with Crippen LogP contribution in [0.3, 0.4) is 0 Å². The van der Waals surface area contributed by atoms with E-state index in [1.54, 1.807) is 0 Å². The zero-order valence-corrected chi connectivity index (χ0v) is 12.6. The minimum Gasteiger partial charge on any atom is -0.298 e. The third-order valence-electron chi connectivity index (χ3n) is 2.98. The largest absolute Gasteiger partial charge is 0.342 e. The van der Waals surface area contributed by atoms with E-state index in [1.165, 1.54) is 19.3 Å². The van der Waals surface area contributed by atoms with Crippen LogP contribution in [0, 0.1) is 0 Å². The summed E-state index contributed by atoms with van der Waals surface area (Å²) in [7, 11) is 0. The third-order valence-corrected chi connectivity index (χ3v) is 2.98. The summed E-state index contributed by atoms with van der Waals surface area (Å²) in [4.78, 5) is 21.5. The molecule has 0 N–H and O–H groups in total. The molecule has 3 heteroatoms. The lowest BCUT2D eigenvalue weighted by Gasteiger charge is -2.22. The van der Waals surface area contributed by atoms with Gasteiger partial charge >= 0.3 is 5.97 Å². The highest BCUT2D eigenvalue weighted by molar-refractivity contribution is 5.68. The average Bonchev–Trinajstić information content (AvgIpc) is 2.34. The number of carbonyl (C=O) groups excluding carboxylic acids is 1. The van der Waals surface area contributed by atoms with Gasteiger partial charge in [0.2, 0.25) is 0 Å². The van der Waals surface area contributed by atoms with Gasteiger partial charge < -0.3 is 0 Å². The molecule has 0 amide bonds. The summed E-state index contributed by atoms with van der Waals surface area (Å²) in [5.41, 5.74) is -0.367. The molecule has 0 unspecified atom stereocenters. The predicted octanol–water partition coefficient (Wildman–Crippen LogP) is 4.79. The molecule has 0 atom stereocenters. The zero-order chi connectivity index (χ0) is 13.9. The molecular formula is C15H30O3. The lowest BCUT2D eigenvalue weighted by molar-refractivity contribution is -0.326. The van der Waals surface area contributed by atoms with Gasteiger partial charge in [-0.05, 0) is 26.7 Å². The summed E-state index contributed by atoms with van der Waals surface area (Å²) in [5.74, 6) is -0.240. The maximum Gasteiger partial charge on any atom is 0.342 e. The Bertz CT molecular complexity index is 212. The minimum atomic E-state index is -0.367. The molecule has 18 heavy (non-hydrogen) atoms. The van der Waals surface area contributed by atoms with Crippen LogP contribution in [0.25, 0.3) is 0 Å². The summed E-state index contributed by atoms with van der Waals surface area (Å²) in [6.07, 6.45) is 9.25. The van der Waals surface area contributed by atoms with Crippen molar-refractivity contribution in [2.75, 3.05) is 0 Å². The molecule has 0 bridgehead atoms. The van der Waals surface area contributed by atoms with E-state index < -0.39 is 0 Å². The van der Waals surface area contributed by atoms with E-state index >= 15 is 0 Å². The topological polar surface area (TPSA) is 35.5 Å². The standard InChI is InChI=1S/C15H30O3/c1-5-7-9-10-11-12-14(16)17-18-15(3,4)13-8-6-2/h5-13H2,1-4H3. The van der Waals surface area contributed by atoms with Crippen LogP contribution in [0.1, 0.15) is 85.5 Å². The molecule has 0 aliphatic heterocycles. The Balaban J connectivity index is 3.56. The Kier molecular flexibility index (Phi) is 10.0. The Hall–Kier alpha value is -0.570. The van der Waals surface area contributed by atoms with Crippen LogP contribution in [0.2, 0.25) is 0 Å². The monoisotopic (exact) mass is 258 g/mol. The maximum atomic E-state index is 11.4. The second kappa shape index (κ2) is 10.4. The van der Waals surface area contributed by atoms with Crippen molar-refractivity contribution in [3.63, 3.8) is 0 Å². The second-order valence-corrected chi connectivity index (χ2v) is 5.57. The molecule has 0 spiro atoms. The molecule has 0 saturated heterocycles. The van der Waals surface area contributed by atoms with Gasteiger partial charge in [0.15, 0.2) is 0 Å². The maximum absolute atomic E-state index is 11.4. The zero-order valence-electron chi connectivity index (χ0n) is 12.6. The molecule has 0 fully saturated rings. The smallest absolute Gasteiger partial charge is 0.298 e. The number of hydrogen-bond donors (Lipinski definition) is 0. The van der Waals surface area contributed by atoms with Crippen LogP contribution in [0.4, 0.5) is 0 Å². The Labute approximate surface area is 112 Å². The first-order valence-electron chi connectivity index (χ1n) is 7.40. The van der Waals surface area contributed by atoms with Gasteiger partial charge in [0.1, 0.15) is 5.60 Å². The van der Waals surface area contributed by atoms with Crippen molar-refractivity contribution in [3.05, 3.63) is 0 Å². The number of unbranched alkanes of at least 4 members (excludes halogenated alkanes) is 5. The molecule has 108 valence electrons. The van der Waals surface area contributed by atoms with E-state index in [-0.39, 0.29) is 11.6 Å². The Morgan fingerprint density at radius 1 is 0.944 bits per heavy atom.